The van der Waals surface area contributed by atoms with Gasteiger partial charge >= 0.3 is 0 Å². The van der Waals surface area contributed by atoms with Crippen LogP contribution >= 0.6 is 35.6 Å². The molecule has 0 amide bonds. The van der Waals surface area contributed by atoms with E-state index in [-0.39, 0.29) is 24.0 Å². The molecule has 0 aliphatic heterocycles. The Morgan fingerprint density at radius 3 is 2.38 bits per heavy atom. The van der Waals surface area contributed by atoms with Crippen LogP contribution in [0.15, 0.2) is 52.4 Å². The van der Waals surface area contributed by atoms with Gasteiger partial charge in [-0.1, -0.05) is 29.8 Å². The lowest BCUT2D eigenvalue weighted by atomic mass is 10.1. The van der Waals surface area contributed by atoms with E-state index in [4.69, 9.17) is 16.3 Å². The Kier molecular flexibility index (Phi) is 10.8. The topological polar surface area (TPSA) is 79.8 Å². The lowest BCUT2D eigenvalue weighted by Crippen LogP contribution is -2.38. The van der Waals surface area contributed by atoms with Crippen LogP contribution in [0.25, 0.3) is 0 Å². The summed E-state index contributed by atoms with van der Waals surface area (Å²) in [7, 11) is -1.57. The highest BCUT2D eigenvalue weighted by Gasteiger charge is 2.06. The van der Waals surface area contributed by atoms with E-state index in [0.29, 0.717) is 29.0 Å². The van der Waals surface area contributed by atoms with E-state index in [2.05, 4.69) is 15.6 Å². The summed E-state index contributed by atoms with van der Waals surface area (Å²) in [6, 6.07) is 12.4. The number of rotatable bonds is 8. The molecule has 0 aliphatic carbocycles. The minimum absolute atomic E-state index is 0. The first-order chi connectivity index (χ1) is 13.3. The molecule has 0 bridgehead atoms. The van der Waals surface area contributed by atoms with Gasteiger partial charge in [0, 0.05) is 24.4 Å². The minimum atomic E-state index is -3.19. The van der Waals surface area contributed by atoms with E-state index in [9.17, 15) is 8.42 Å². The smallest absolute Gasteiger partial charge is 0.191 e. The van der Waals surface area contributed by atoms with Crippen LogP contribution in [0, 0.1) is 0 Å². The van der Waals surface area contributed by atoms with Crippen LogP contribution in [-0.4, -0.2) is 40.8 Å². The summed E-state index contributed by atoms with van der Waals surface area (Å²) < 4.78 is 28.2. The molecule has 0 heterocycles. The Balaban J connectivity index is 0.00000420. The van der Waals surface area contributed by atoms with Gasteiger partial charge in [0.25, 0.3) is 0 Å². The summed E-state index contributed by atoms with van der Waals surface area (Å²) in [5.74, 6) is 1.43. The van der Waals surface area contributed by atoms with Gasteiger partial charge in [0.15, 0.2) is 15.8 Å². The first-order valence-corrected chi connectivity index (χ1v) is 11.2. The van der Waals surface area contributed by atoms with Crippen LogP contribution in [0.2, 0.25) is 5.02 Å². The van der Waals surface area contributed by atoms with Crippen molar-refractivity contribution >= 4 is 51.4 Å². The number of sulfone groups is 1. The number of guanidine groups is 1. The first kappa shape index (κ1) is 25.5. The zero-order valence-corrected chi connectivity index (χ0v) is 20.6. The molecular formula is C20H27ClIN3O3S. The molecule has 2 aromatic carbocycles. The summed E-state index contributed by atoms with van der Waals surface area (Å²) in [6.45, 7) is 3.86. The quantitative estimate of drug-likeness (QED) is 0.297. The number of benzene rings is 2. The fourth-order valence-electron chi connectivity index (χ4n) is 2.53. The SMILES string of the molecule is CCNC(=NCc1ccc(S(C)(=O)=O)cc1)NCCc1ccc(OC)cc1Cl.I. The van der Waals surface area contributed by atoms with Crippen LogP contribution < -0.4 is 15.4 Å². The van der Waals surface area contributed by atoms with Crippen LogP contribution in [0.4, 0.5) is 0 Å². The number of hydrogen-bond acceptors (Lipinski definition) is 4. The molecule has 0 aliphatic rings. The average molecular weight is 552 g/mol. The number of methoxy groups -OCH3 is 1. The zero-order valence-electron chi connectivity index (χ0n) is 16.7. The molecule has 9 heteroatoms. The van der Waals surface area contributed by atoms with Gasteiger partial charge in [0.1, 0.15) is 5.75 Å². The largest absolute Gasteiger partial charge is 0.497 e. The van der Waals surface area contributed by atoms with Crippen LogP contribution in [0.1, 0.15) is 18.1 Å². The third kappa shape index (κ3) is 8.39. The molecule has 0 unspecified atom stereocenters. The maximum Gasteiger partial charge on any atom is 0.191 e. The number of hydrogen-bond donors (Lipinski definition) is 2. The Morgan fingerprint density at radius 2 is 1.83 bits per heavy atom. The van der Waals surface area contributed by atoms with E-state index in [0.717, 1.165) is 29.8 Å². The number of nitrogens with one attached hydrogen (secondary N) is 2. The van der Waals surface area contributed by atoms with Crippen molar-refractivity contribution in [3.05, 3.63) is 58.6 Å². The molecule has 0 radical (unpaired) electrons. The Hall–Kier alpha value is -1.52. The van der Waals surface area contributed by atoms with Crippen molar-refractivity contribution in [2.24, 2.45) is 4.99 Å². The molecule has 2 aromatic rings. The van der Waals surface area contributed by atoms with Gasteiger partial charge in [-0.2, -0.15) is 0 Å². The Bertz CT molecular complexity index is 919. The van der Waals surface area contributed by atoms with E-state index < -0.39 is 9.84 Å². The van der Waals surface area contributed by atoms with Crippen LogP contribution in [-0.2, 0) is 22.8 Å². The highest BCUT2D eigenvalue weighted by Crippen LogP contribution is 2.22. The average Bonchev–Trinajstić information content (AvgIpc) is 2.66. The molecule has 29 heavy (non-hydrogen) atoms. The molecule has 2 rings (SSSR count). The van der Waals surface area contributed by atoms with Gasteiger partial charge in [-0.05, 0) is 48.7 Å². The molecule has 2 N–H and O–H groups in total. The van der Waals surface area contributed by atoms with E-state index >= 15 is 0 Å². The third-order valence-corrected chi connectivity index (χ3v) is 5.54. The van der Waals surface area contributed by atoms with Gasteiger partial charge in [-0.15, -0.1) is 24.0 Å². The summed E-state index contributed by atoms with van der Waals surface area (Å²) in [6.07, 6.45) is 1.94. The second kappa shape index (κ2) is 12.2. The number of ether oxygens (including phenoxy) is 1. The highest BCUT2D eigenvalue weighted by atomic mass is 127. The third-order valence-electron chi connectivity index (χ3n) is 4.06. The molecule has 0 atom stereocenters. The van der Waals surface area contributed by atoms with Crippen LogP contribution in [0.5, 0.6) is 5.75 Å². The van der Waals surface area contributed by atoms with Gasteiger partial charge in [0.05, 0.1) is 18.6 Å². The standard InChI is InChI=1S/C20H26ClN3O3S.HI/c1-4-22-20(23-12-11-16-7-8-17(27-2)13-19(16)21)24-14-15-5-9-18(10-6-15)28(3,25)26;/h5-10,13H,4,11-12,14H2,1-3H3,(H2,22,23,24);1H. The molecular weight excluding hydrogens is 525 g/mol. The molecule has 160 valence electrons. The van der Waals surface area contributed by atoms with E-state index in [1.54, 1.807) is 37.4 Å². The van der Waals surface area contributed by atoms with Crippen LogP contribution in [0.3, 0.4) is 0 Å². The van der Waals surface area contributed by atoms with Crippen molar-refractivity contribution in [2.75, 3.05) is 26.5 Å². The fraction of sp³-hybridized carbons (Fsp3) is 0.350. The van der Waals surface area contributed by atoms with Crippen molar-refractivity contribution < 1.29 is 13.2 Å². The van der Waals surface area contributed by atoms with Gasteiger partial charge in [-0.3, -0.25) is 0 Å². The summed E-state index contributed by atoms with van der Waals surface area (Å²) in [5, 5.41) is 7.16. The molecule has 0 aromatic heterocycles. The molecule has 6 nitrogen and oxygen atoms in total. The first-order valence-electron chi connectivity index (χ1n) is 8.97. The minimum Gasteiger partial charge on any atom is -0.497 e. The van der Waals surface area contributed by atoms with Crippen molar-refractivity contribution in [3.63, 3.8) is 0 Å². The molecule has 0 spiro atoms. The predicted octanol–water partition coefficient (Wildman–Crippen LogP) is 3.67. The van der Waals surface area contributed by atoms with E-state index in [1.807, 2.05) is 19.1 Å². The number of halogens is 2. The molecule has 0 saturated heterocycles. The van der Waals surface area contributed by atoms with Crippen molar-refractivity contribution in [3.8, 4) is 5.75 Å². The second-order valence-corrected chi connectivity index (χ2v) is 8.67. The highest BCUT2D eigenvalue weighted by molar-refractivity contribution is 14.0. The molecule has 0 fully saturated rings. The Morgan fingerprint density at radius 1 is 1.14 bits per heavy atom. The maximum absolute atomic E-state index is 11.5. The maximum atomic E-state index is 11.5. The normalized spacial score (nSPS) is 11.5. The van der Waals surface area contributed by atoms with E-state index in [1.165, 1.54) is 6.26 Å². The number of nitrogens with zero attached hydrogens (tertiary/aromatic N) is 1. The summed E-state index contributed by atoms with van der Waals surface area (Å²) in [4.78, 5) is 4.86. The van der Waals surface area contributed by atoms with Crippen molar-refractivity contribution in [1.82, 2.24) is 10.6 Å². The van der Waals surface area contributed by atoms with Gasteiger partial charge in [-0.25, -0.2) is 13.4 Å². The second-order valence-electron chi connectivity index (χ2n) is 6.25. The zero-order chi connectivity index (χ0) is 20.6. The number of aliphatic imine (C=N–C) groups is 1. The summed E-state index contributed by atoms with van der Waals surface area (Å²) >= 11 is 6.27. The van der Waals surface area contributed by atoms with Crippen molar-refractivity contribution in [1.29, 1.82) is 0 Å². The Labute approximate surface area is 195 Å². The monoisotopic (exact) mass is 551 g/mol. The van der Waals surface area contributed by atoms with Gasteiger partial charge in [0.2, 0.25) is 0 Å². The van der Waals surface area contributed by atoms with Gasteiger partial charge < -0.3 is 15.4 Å². The predicted molar refractivity (Wildman–Crippen MR) is 129 cm³/mol. The van der Waals surface area contributed by atoms with Crippen molar-refractivity contribution in [2.45, 2.75) is 24.8 Å². The summed E-state index contributed by atoms with van der Waals surface area (Å²) in [5.41, 5.74) is 1.96. The lowest BCUT2D eigenvalue weighted by Gasteiger charge is -2.12. The fourth-order valence-corrected chi connectivity index (χ4v) is 3.42. The lowest BCUT2D eigenvalue weighted by molar-refractivity contribution is 0.414. The molecule has 0 saturated carbocycles.